The minimum atomic E-state index is -1.00. The molecule has 40 heavy (non-hydrogen) atoms. The van der Waals surface area contributed by atoms with Crippen molar-refractivity contribution in [3.05, 3.63) is 91.0 Å². The highest BCUT2D eigenvalue weighted by atomic mass is 32.2. The molecule has 3 fully saturated rings. The van der Waals surface area contributed by atoms with Crippen molar-refractivity contribution in [1.82, 2.24) is 4.90 Å². The van der Waals surface area contributed by atoms with Crippen LogP contribution >= 0.6 is 11.8 Å². The molecule has 1 spiro atoms. The molecule has 2 N–H and O–H groups in total. The summed E-state index contributed by atoms with van der Waals surface area (Å²) in [5.74, 6) is -3.45. The Hall–Kier alpha value is -3.62. The Balaban J connectivity index is 1.52. The van der Waals surface area contributed by atoms with Crippen LogP contribution in [0.3, 0.4) is 0 Å². The second-order valence-corrected chi connectivity index (χ2v) is 12.6. The first-order valence-corrected chi connectivity index (χ1v) is 14.5. The van der Waals surface area contributed by atoms with Gasteiger partial charge in [0, 0.05) is 17.5 Å². The smallest absolute Gasteiger partial charge is 0.308 e. The SMILES string of the molecule is C=CCN(C(=O)C1N([C@H](CO)c2ccccc2)C(=O)[C@@H]2[C@@H](C(=O)O)[C@H]3CC(C)C12S3)c1ccc2ccccc2c1. The van der Waals surface area contributed by atoms with E-state index < -0.39 is 34.6 Å². The van der Waals surface area contributed by atoms with Crippen LogP contribution in [0.1, 0.15) is 24.9 Å². The number of carboxylic acids is 1. The molecule has 0 aromatic heterocycles. The topological polar surface area (TPSA) is 98.2 Å². The maximum atomic E-state index is 14.9. The molecule has 7 nitrogen and oxygen atoms in total. The van der Waals surface area contributed by atoms with Gasteiger partial charge in [0.15, 0.2) is 0 Å². The highest BCUT2D eigenvalue weighted by Gasteiger charge is 2.77. The van der Waals surface area contributed by atoms with E-state index in [1.165, 1.54) is 16.7 Å². The van der Waals surface area contributed by atoms with Gasteiger partial charge in [0.1, 0.15) is 6.04 Å². The number of anilines is 1. The number of hydrogen-bond acceptors (Lipinski definition) is 5. The third-order valence-electron chi connectivity index (χ3n) is 9.02. The van der Waals surface area contributed by atoms with E-state index in [1.807, 2.05) is 79.7 Å². The van der Waals surface area contributed by atoms with Crippen molar-refractivity contribution in [3.8, 4) is 0 Å². The number of aliphatic hydroxyl groups is 1. The van der Waals surface area contributed by atoms with Gasteiger partial charge in [0.05, 0.1) is 29.2 Å². The summed E-state index contributed by atoms with van der Waals surface area (Å²) < 4.78 is -0.916. The van der Waals surface area contributed by atoms with E-state index in [0.29, 0.717) is 17.7 Å². The number of likely N-dealkylation sites (tertiary alicyclic amines) is 1. The maximum Gasteiger partial charge on any atom is 0.308 e. The molecule has 0 saturated carbocycles. The first-order chi connectivity index (χ1) is 19.3. The van der Waals surface area contributed by atoms with Crippen LogP contribution in [0.2, 0.25) is 0 Å². The van der Waals surface area contributed by atoms with Crippen LogP contribution in [-0.4, -0.2) is 62.1 Å². The molecule has 3 aromatic carbocycles. The summed E-state index contributed by atoms with van der Waals surface area (Å²) in [6.45, 7) is 5.75. The van der Waals surface area contributed by atoms with Crippen LogP contribution in [0.25, 0.3) is 10.8 Å². The van der Waals surface area contributed by atoms with Crippen LogP contribution in [0, 0.1) is 17.8 Å². The summed E-state index contributed by atoms with van der Waals surface area (Å²) in [4.78, 5) is 44.9. The fourth-order valence-electron chi connectivity index (χ4n) is 7.33. The molecule has 0 aliphatic carbocycles. The number of carbonyl (C=O) groups is 3. The molecule has 3 unspecified atom stereocenters. The van der Waals surface area contributed by atoms with Crippen molar-refractivity contribution in [2.45, 2.75) is 35.4 Å². The number of aliphatic carboxylic acids is 1. The van der Waals surface area contributed by atoms with Gasteiger partial charge >= 0.3 is 5.97 Å². The molecule has 8 heteroatoms. The number of nitrogens with zero attached hydrogens (tertiary/aromatic N) is 2. The number of hydrogen-bond donors (Lipinski definition) is 2. The highest BCUT2D eigenvalue weighted by Crippen LogP contribution is 2.69. The minimum absolute atomic E-state index is 0.0664. The van der Waals surface area contributed by atoms with E-state index in [0.717, 1.165) is 10.8 Å². The van der Waals surface area contributed by atoms with Gasteiger partial charge in [-0.1, -0.05) is 73.7 Å². The standard InChI is InChI=1S/C32H32N2O5S/c1-3-15-33(23-14-13-20-9-7-8-12-22(20)17-23)30(37)28-32-19(2)16-25(40-32)26(31(38)39)27(32)29(36)34(28)24(18-35)21-10-5-4-6-11-21/h3-14,17,19,24-28,35H,1,15-16,18H2,2H3,(H,38,39)/t19?,24-,25-,26+,27+,28?,32?/m1/s1. The summed E-state index contributed by atoms with van der Waals surface area (Å²) in [5, 5.41) is 22.7. The van der Waals surface area contributed by atoms with Gasteiger partial charge in [-0.25, -0.2) is 0 Å². The summed E-state index contributed by atoms with van der Waals surface area (Å²) in [5.41, 5.74) is 1.38. The Morgan fingerprint density at radius 1 is 1.12 bits per heavy atom. The van der Waals surface area contributed by atoms with E-state index in [-0.39, 0.29) is 36.1 Å². The second-order valence-electron chi connectivity index (χ2n) is 11.0. The zero-order valence-electron chi connectivity index (χ0n) is 22.2. The number of fused-ring (bicyclic) bond motifs is 2. The van der Waals surface area contributed by atoms with E-state index in [4.69, 9.17) is 0 Å². The summed E-state index contributed by atoms with van der Waals surface area (Å²) in [7, 11) is 0. The number of carbonyl (C=O) groups excluding carboxylic acids is 2. The number of rotatable bonds is 8. The van der Waals surface area contributed by atoms with E-state index in [2.05, 4.69) is 6.58 Å². The average molecular weight is 557 g/mol. The number of amides is 2. The molecule has 3 heterocycles. The molecule has 3 aliphatic heterocycles. The summed E-state index contributed by atoms with van der Waals surface area (Å²) in [6, 6.07) is 21.1. The quantitative estimate of drug-likeness (QED) is 0.396. The van der Waals surface area contributed by atoms with E-state index in [1.54, 1.807) is 11.0 Å². The van der Waals surface area contributed by atoms with Crippen molar-refractivity contribution < 1.29 is 24.6 Å². The van der Waals surface area contributed by atoms with Gasteiger partial charge < -0.3 is 20.0 Å². The van der Waals surface area contributed by atoms with Gasteiger partial charge in [-0.15, -0.1) is 18.3 Å². The first-order valence-electron chi connectivity index (χ1n) is 13.6. The van der Waals surface area contributed by atoms with Gasteiger partial charge in [0.25, 0.3) is 5.91 Å². The Kier molecular flexibility index (Phi) is 6.71. The van der Waals surface area contributed by atoms with Crippen LogP contribution < -0.4 is 4.90 Å². The third kappa shape index (κ3) is 3.80. The third-order valence-corrected chi connectivity index (χ3v) is 11.1. The Morgan fingerprint density at radius 3 is 2.50 bits per heavy atom. The minimum Gasteiger partial charge on any atom is -0.481 e. The Bertz CT molecular complexity index is 1490. The highest BCUT2D eigenvalue weighted by molar-refractivity contribution is 8.02. The molecule has 0 radical (unpaired) electrons. The van der Waals surface area contributed by atoms with Crippen molar-refractivity contribution >= 4 is 46.0 Å². The second kappa shape index (κ2) is 10.1. The zero-order valence-corrected chi connectivity index (χ0v) is 23.0. The lowest BCUT2D eigenvalue weighted by Crippen LogP contribution is -2.58. The molecule has 3 aliphatic rings. The first kappa shape index (κ1) is 26.6. The van der Waals surface area contributed by atoms with Crippen LogP contribution in [-0.2, 0) is 14.4 Å². The predicted octanol–water partition coefficient (Wildman–Crippen LogP) is 4.51. The van der Waals surface area contributed by atoms with E-state index in [9.17, 15) is 24.6 Å². The lowest BCUT2D eigenvalue weighted by Gasteiger charge is -2.42. The fraction of sp³-hybridized carbons (Fsp3) is 0.344. The normalized spacial score (nSPS) is 29.4. The van der Waals surface area contributed by atoms with Crippen molar-refractivity contribution in [1.29, 1.82) is 0 Å². The Morgan fingerprint density at radius 2 is 1.82 bits per heavy atom. The molecule has 2 bridgehead atoms. The fourth-order valence-corrected chi connectivity index (χ4v) is 9.73. The van der Waals surface area contributed by atoms with Crippen LogP contribution in [0.5, 0.6) is 0 Å². The molecule has 2 amide bonds. The summed E-state index contributed by atoms with van der Waals surface area (Å²) in [6.07, 6.45) is 2.28. The van der Waals surface area contributed by atoms with Crippen molar-refractivity contribution in [2.75, 3.05) is 18.1 Å². The Labute approximate surface area is 237 Å². The largest absolute Gasteiger partial charge is 0.481 e. The molecule has 7 atom stereocenters. The number of aliphatic hydroxyl groups excluding tert-OH is 1. The molecular formula is C32H32N2O5S. The number of carboxylic acid groups (broad SMARTS) is 1. The van der Waals surface area contributed by atoms with Crippen molar-refractivity contribution in [2.24, 2.45) is 17.8 Å². The van der Waals surface area contributed by atoms with Crippen molar-refractivity contribution in [3.63, 3.8) is 0 Å². The molecule has 3 aromatic rings. The molecular weight excluding hydrogens is 524 g/mol. The maximum absolute atomic E-state index is 14.9. The summed E-state index contributed by atoms with van der Waals surface area (Å²) >= 11 is 1.50. The van der Waals surface area contributed by atoms with Gasteiger partial charge in [-0.2, -0.15) is 0 Å². The van der Waals surface area contributed by atoms with Crippen LogP contribution in [0.15, 0.2) is 85.5 Å². The lowest BCUT2D eigenvalue weighted by molar-refractivity contribution is -0.149. The molecule has 3 saturated heterocycles. The van der Waals surface area contributed by atoms with Gasteiger partial charge in [-0.3, -0.25) is 14.4 Å². The molecule has 6 rings (SSSR count). The van der Waals surface area contributed by atoms with Gasteiger partial charge in [-0.05, 0) is 40.8 Å². The number of thioether (sulfide) groups is 1. The number of benzene rings is 3. The average Bonchev–Trinajstić information content (AvgIpc) is 3.56. The monoisotopic (exact) mass is 556 g/mol. The molecule has 206 valence electrons. The lowest BCUT2D eigenvalue weighted by atomic mass is 9.66. The zero-order chi connectivity index (χ0) is 28.2. The van der Waals surface area contributed by atoms with E-state index >= 15 is 0 Å². The van der Waals surface area contributed by atoms with Crippen LogP contribution in [0.4, 0.5) is 5.69 Å². The predicted molar refractivity (Wildman–Crippen MR) is 156 cm³/mol. The van der Waals surface area contributed by atoms with Gasteiger partial charge in [0.2, 0.25) is 5.91 Å².